The number of nitrogens with one attached hydrogen (secondary N) is 1. The van der Waals surface area contributed by atoms with E-state index in [1.807, 2.05) is 12.1 Å². The van der Waals surface area contributed by atoms with E-state index in [9.17, 15) is 9.59 Å². The summed E-state index contributed by atoms with van der Waals surface area (Å²) >= 11 is 1.55. The Morgan fingerprint density at radius 2 is 2.13 bits per heavy atom. The minimum Gasteiger partial charge on any atom is -0.478 e. The van der Waals surface area contributed by atoms with Crippen LogP contribution in [0.15, 0.2) is 34.3 Å². The molecule has 4 N–H and O–H groups in total. The molecule has 0 fully saturated rings. The molecule has 0 saturated carbocycles. The molecule has 0 radical (unpaired) electrons. The second-order valence-electron chi connectivity index (χ2n) is 5.36. The van der Waals surface area contributed by atoms with Gasteiger partial charge in [-0.3, -0.25) is 15.1 Å². The van der Waals surface area contributed by atoms with Gasteiger partial charge in [0.25, 0.3) is 0 Å². The molecule has 7 nitrogen and oxygen atoms in total. The number of fused-ring (bicyclic) bond motifs is 1. The third-order valence-corrected chi connectivity index (χ3v) is 5.17. The van der Waals surface area contributed by atoms with Crippen LogP contribution >= 0.6 is 11.8 Å². The van der Waals surface area contributed by atoms with Gasteiger partial charge < -0.3 is 10.8 Å². The monoisotopic (exact) mass is 332 g/mol. The van der Waals surface area contributed by atoms with Gasteiger partial charge in [0.1, 0.15) is 11.1 Å². The van der Waals surface area contributed by atoms with Crippen LogP contribution in [0.5, 0.6) is 0 Å². The molecule has 2 aliphatic heterocycles. The van der Waals surface area contributed by atoms with Crippen LogP contribution in [0.1, 0.15) is 22.3 Å². The Balaban J connectivity index is 1.60. The number of benzene rings is 1. The summed E-state index contributed by atoms with van der Waals surface area (Å²) in [4.78, 5) is 31.2. The van der Waals surface area contributed by atoms with Gasteiger partial charge in [-0.15, -0.1) is 11.8 Å². The molecular weight excluding hydrogens is 316 g/mol. The van der Waals surface area contributed by atoms with Crippen LogP contribution in [0.4, 0.5) is 0 Å². The predicted molar refractivity (Wildman–Crippen MR) is 89.0 cm³/mol. The van der Waals surface area contributed by atoms with Crippen LogP contribution in [0, 0.1) is 0 Å². The van der Waals surface area contributed by atoms with Gasteiger partial charge in [-0.1, -0.05) is 12.1 Å². The van der Waals surface area contributed by atoms with Crippen LogP contribution < -0.4 is 11.1 Å². The molecule has 2 unspecified atom stereocenters. The highest BCUT2D eigenvalue weighted by Gasteiger charge is 2.35. The van der Waals surface area contributed by atoms with Gasteiger partial charge in [0.15, 0.2) is 0 Å². The van der Waals surface area contributed by atoms with Crippen molar-refractivity contribution in [2.75, 3.05) is 6.54 Å². The summed E-state index contributed by atoms with van der Waals surface area (Å²) in [6.45, 7) is 0.605. The number of hydrogen-bond donors (Lipinski definition) is 3. The maximum Gasteiger partial charge on any atom is 0.335 e. The number of rotatable bonds is 4. The van der Waals surface area contributed by atoms with Crippen molar-refractivity contribution in [3.05, 3.63) is 35.4 Å². The second-order valence-corrected chi connectivity index (χ2v) is 6.77. The number of carbonyl (C=O) groups is 2. The lowest BCUT2D eigenvalue weighted by atomic mass is 10.1. The van der Waals surface area contributed by atoms with E-state index >= 15 is 0 Å². The van der Waals surface area contributed by atoms with Gasteiger partial charge in [0.2, 0.25) is 11.9 Å². The standard InChI is InChI=1S/C15H16N4O3S/c16-15-18-12-11(13(20)19-15)23-10(7-17-12)6-3-8-1-4-9(5-2-8)14(21)22/h1-2,4-5,10-11H,3,6-7H2,(H,21,22)(H3,16,17,18,19,20). The first-order valence-electron chi connectivity index (χ1n) is 7.20. The molecule has 0 aromatic heterocycles. The third kappa shape index (κ3) is 3.53. The largest absolute Gasteiger partial charge is 0.478 e. The Hall–Kier alpha value is -2.35. The van der Waals surface area contributed by atoms with E-state index in [0.29, 0.717) is 12.4 Å². The molecule has 120 valence electrons. The van der Waals surface area contributed by atoms with Crippen molar-refractivity contribution < 1.29 is 14.7 Å². The lowest BCUT2D eigenvalue weighted by Gasteiger charge is -2.28. The van der Waals surface area contributed by atoms with Gasteiger partial charge >= 0.3 is 5.97 Å². The molecule has 0 spiro atoms. The fourth-order valence-electron chi connectivity index (χ4n) is 2.49. The Kier molecular flexibility index (Phi) is 4.33. The minimum absolute atomic E-state index is 0.0996. The van der Waals surface area contributed by atoms with E-state index in [1.54, 1.807) is 23.9 Å². The van der Waals surface area contributed by atoms with Crippen molar-refractivity contribution in [2.24, 2.45) is 15.7 Å². The van der Waals surface area contributed by atoms with Crippen LogP contribution in [-0.4, -0.2) is 45.8 Å². The van der Waals surface area contributed by atoms with E-state index in [2.05, 4.69) is 15.3 Å². The fourth-order valence-corrected chi connectivity index (χ4v) is 3.72. The van der Waals surface area contributed by atoms with E-state index < -0.39 is 11.2 Å². The molecule has 2 atom stereocenters. The van der Waals surface area contributed by atoms with Crippen molar-refractivity contribution in [1.29, 1.82) is 0 Å². The Morgan fingerprint density at radius 1 is 1.39 bits per heavy atom. The Morgan fingerprint density at radius 3 is 2.83 bits per heavy atom. The molecule has 1 aromatic rings. The SMILES string of the molecule is NC1=NC2=NCC(CCc3ccc(C(=O)O)cc3)SC2C(=O)N1. The lowest BCUT2D eigenvalue weighted by Crippen LogP contribution is -2.51. The van der Waals surface area contributed by atoms with Gasteiger partial charge in [-0.2, -0.15) is 4.99 Å². The summed E-state index contributed by atoms with van der Waals surface area (Å²) in [6, 6.07) is 6.86. The smallest absolute Gasteiger partial charge is 0.335 e. The van der Waals surface area contributed by atoms with Gasteiger partial charge in [0, 0.05) is 5.25 Å². The van der Waals surface area contributed by atoms with E-state index in [4.69, 9.17) is 10.8 Å². The quantitative estimate of drug-likeness (QED) is 0.748. The van der Waals surface area contributed by atoms with Gasteiger partial charge in [0.05, 0.1) is 12.1 Å². The Labute approximate surface area is 137 Å². The number of aliphatic imine (C=N–C) groups is 2. The normalized spacial score (nSPS) is 23.4. The highest BCUT2D eigenvalue weighted by Crippen LogP contribution is 2.29. The highest BCUT2D eigenvalue weighted by molar-refractivity contribution is 8.02. The summed E-state index contributed by atoms with van der Waals surface area (Å²) in [5, 5.41) is 11.2. The fraction of sp³-hybridized carbons (Fsp3) is 0.333. The molecule has 2 heterocycles. The van der Waals surface area contributed by atoms with Crippen LogP contribution in [0.3, 0.4) is 0 Å². The second kappa shape index (κ2) is 6.41. The summed E-state index contributed by atoms with van der Waals surface area (Å²) in [6.07, 6.45) is 1.67. The molecule has 1 aromatic carbocycles. The molecule has 8 heteroatoms. The number of carboxylic acid groups (broad SMARTS) is 1. The van der Waals surface area contributed by atoms with Crippen molar-refractivity contribution in [3.8, 4) is 0 Å². The summed E-state index contributed by atoms with van der Waals surface area (Å²) in [5.41, 5.74) is 6.87. The number of aromatic carboxylic acids is 1. The van der Waals surface area contributed by atoms with Crippen LogP contribution in [-0.2, 0) is 11.2 Å². The summed E-state index contributed by atoms with van der Waals surface area (Å²) < 4.78 is 0. The summed E-state index contributed by atoms with van der Waals surface area (Å²) in [5.74, 6) is -0.498. The number of carboxylic acids is 1. The molecule has 0 saturated heterocycles. The van der Waals surface area contributed by atoms with E-state index in [1.165, 1.54) is 0 Å². The first-order valence-corrected chi connectivity index (χ1v) is 8.14. The van der Waals surface area contributed by atoms with Crippen molar-refractivity contribution in [3.63, 3.8) is 0 Å². The number of carbonyl (C=O) groups excluding carboxylic acids is 1. The lowest BCUT2D eigenvalue weighted by molar-refractivity contribution is -0.118. The Bertz CT molecular complexity index is 699. The highest BCUT2D eigenvalue weighted by atomic mass is 32.2. The number of nitrogens with two attached hydrogens (primary N) is 1. The van der Waals surface area contributed by atoms with Gasteiger partial charge in [-0.25, -0.2) is 4.79 Å². The zero-order valence-electron chi connectivity index (χ0n) is 12.2. The molecule has 1 amide bonds. The van der Waals surface area contributed by atoms with Crippen LogP contribution in [0.25, 0.3) is 0 Å². The zero-order chi connectivity index (χ0) is 16.4. The minimum atomic E-state index is -0.926. The van der Waals surface area contributed by atoms with E-state index in [0.717, 1.165) is 18.4 Å². The first kappa shape index (κ1) is 15.5. The number of amidine groups is 1. The maximum absolute atomic E-state index is 11.9. The molecule has 0 bridgehead atoms. The van der Waals surface area contributed by atoms with Crippen molar-refractivity contribution in [2.45, 2.75) is 23.3 Å². The average Bonchev–Trinajstić information content (AvgIpc) is 2.53. The topological polar surface area (TPSA) is 117 Å². The molecule has 3 rings (SSSR count). The van der Waals surface area contributed by atoms with Gasteiger partial charge in [-0.05, 0) is 30.5 Å². The average molecular weight is 332 g/mol. The number of aryl methyl sites for hydroxylation is 1. The molecular formula is C15H16N4O3S. The van der Waals surface area contributed by atoms with E-state index in [-0.39, 0.29) is 22.7 Å². The van der Waals surface area contributed by atoms with Crippen molar-refractivity contribution in [1.82, 2.24) is 5.32 Å². The number of guanidine groups is 1. The van der Waals surface area contributed by atoms with Crippen molar-refractivity contribution >= 4 is 35.4 Å². The maximum atomic E-state index is 11.9. The number of thioether (sulfide) groups is 1. The summed E-state index contributed by atoms with van der Waals surface area (Å²) in [7, 11) is 0. The molecule has 0 aliphatic carbocycles. The molecule has 2 aliphatic rings. The molecule has 23 heavy (non-hydrogen) atoms. The van der Waals surface area contributed by atoms with Crippen LogP contribution in [0.2, 0.25) is 0 Å². The third-order valence-electron chi connectivity index (χ3n) is 3.70. The number of amides is 1. The number of nitrogens with zero attached hydrogens (tertiary/aromatic N) is 2. The zero-order valence-corrected chi connectivity index (χ0v) is 13.0. The number of hydrogen-bond acceptors (Lipinski definition) is 6. The first-order chi connectivity index (χ1) is 11.0. The predicted octanol–water partition coefficient (Wildman–Crippen LogP) is 0.644.